The van der Waals surface area contributed by atoms with Crippen molar-refractivity contribution in [3.05, 3.63) is 24.0 Å². The Morgan fingerprint density at radius 2 is 2.25 bits per heavy atom. The minimum atomic E-state index is -0.497. The number of carbonyl (C=O) groups excluding carboxylic acids is 1. The van der Waals surface area contributed by atoms with E-state index >= 15 is 0 Å². The highest BCUT2D eigenvalue weighted by Gasteiger charge is 2.07. The van der Waals surface area contributed by atoms with Crippen LogP contribution in [0.5, 0.6) is 0 Å². The zero-order valence-corrected chi connectivity index (χ0v) is 11.9. The number of hydrogen-bond donors (Lipinski definition) is 3. The number of anilines is 2. The van der Waals surface area contributed by atoms with Crippen molar-refractivity contribution in [3.8, 4) is 0 Å². The minimum absolute atomic E-state index is 0.0134. The van der Waals surface area contributed by atoms with Crippen LogP contribution in [0.2, 0.25) is 0 Å². The summed E-state index contributed by atoms with van der Waals surface area (Å²) in [5, 5.41) is 11.9. The third-order valence-electron chi connectivity index (χ3n) is 2.80. The number of aliphatic hydroxyl groups is 1. The van der Waals surface area contributed by atoms with Gasteiger partial charge in [0.15, 0.2) is 0 Å². The molecule has 0 heterocycles. The topological polar surface area (TPSA) is 78.6 Å². The van der Waals surface area contributed by atoms with Gasteiger partial charge in [-0.25, -0.2) is 4.39 Å². The first-order valence-electron chi connectivity index (χ1n) is 6.60. The third-order valence-corrected chi connectivity index (χ3v) is 2.80. The maximum absolute atomic E-state index is 13.0. The van der Waals surface area contributed by atoms with Crippen molar-refractivity contribution in [1.29, 1.82) is 0 Å². The number of nitrogens with zero attached hydrogens (tertiary/aromatic N) is 1. The predicted molar refractivity (Wildman–Crippen MR) is 77.9 cm³/mol. The Bertz CT molecular complexity index is 452. The van der Waals surface area contributed by atoms with Gasteiger partial charge in [-0.2, -0.15) is 0 Å². The second kappa shape index (κ2) is 7.81. The molecule has 1 rings (SSSR count). The molecule has 0 saturated heterocycles. The second-order valence-corrected chi connectivity index (χ2v) is 5.00. The highest BCUT2D eigenvalue weighted by molar-refractivity contribution is 5.91. The Balaban J connectivity index is 2.31. The second-order valence-electron chi connectivity index (χ2n) is 5.00. The summed E-state index contributed by atoms with van der Waals surface area (Å²) in [6.07, 6.45) is 0.670. The normalized spacial score (nSPS) is 12.4. The summed E-state index contributed by atoms with van der Waals surface area (Å²) in [5.41, 5.74) is 5.93. The fourth-order valence-corrected chi connectivity index (χ4v) is 1.90. The van der Waals surface area contributed by atoms with Crippen LogP contribution in [-0.2, 0) is 4.79 Å². The molecule has 0 aliphatic carbocycles. The van der Waals surface area contributed by atoms with Crippen molar-refractivity contribution in [2.75, 3.05) is 31.2 Å². The van der Waals surface area contributed by atoms with E-state index in [2.05, 4.69) is 5.32 Å². The summed E-state index contributed by atoms with van der Waals surface area (Å²) in [6.45, 7) is 3.03. The molecular formula is C14H22FN3O2. The first-order valence-corrected chi connectivity index (χ1v) is 6.60. The van der Waals surface area contributed by atoms with E-state index < -0.39 is 5.82 Å². The number of amides is 1. The number of likely N-dealkylation sites (N-methyl/N-ethyl adjacent to an activating group) is 1. The molecule has 1 aromatic rings. The molecule has 1 unspecified atom stereocenters. The summed E-state index contributed by atoms with van der Waals surface area (Å²) in [4.78, 5) is 13.7. The lowest BCUT2D eigenvalue weighted by Gasteiger charge is -2.17. The van der Waals surface area contributed by atoms with Gasteiger partial charge in [0, 0.05) is 18.7 Å². The summed E-state index contributed by atoms with van der Waals surface area (Å²) in [7, 11) is 1.89. The van der Waals surface area contributed by atoms with Gasteiger partial charge in [0.1, 0.15) is 5.82 Å². The number of nitrogens with two attached hydrogens (primary N) is 1. The van der Waals surface area contributed by atoms with E-state index in [4.69, 9.17) is 5.73 Å². The lowest BCUT2D eigenvalue weighted by Crippen LogP contribution is -2.28. The Hall–Kier alpha value is -1.66. The van der Waals surface area contributed by atoms with Crippen molar-refractivity contribution >= 4 is 17.3 Å². The van der Waals surface area contributed by atoms with Gasteiger partial charge in [-0.3, -0.25) is 4.79 Å². The number of hydrogen-bond acceptors (Lipinski definition) is 4. The SMILES string of the molecule is CC(O)CN(C)CCCC(=O)Nc1ccc(F)c(N)c1. The molecule has 0 fully saturated rings. The van der Waals surface area contributed by atoms with Crippen LogP contribution in [0.25, 0.3) is 0 Å². The summed E-state index contributed by atoms with van der Waals surface area (Å²) < 4.78 is 13.0. The van der Waals surface area contributed by atoms with E-state index in [9.17, 15) is 14.3 Å². The average molecular weight is 283 g/mol. The number of aliphatic hydroxyl groups excluding tert-OH is 1. The monoisotopic (exact) mass is 283 g/mol. The fraction of sp³-hybridized carbons (Fsp3) is 0.500. The minimum Gasteiger partial charge on any atom is -0.396 e. The molecule has 1 atom stereocenters. The van der Waals surface area contributed by atoms with Crippen LogP contribution in [0.1, 0.15) is 19.8 Å². The van der Waals surface area contributed by atoms with Crippen molar-refractivity contribution in [3.63, 3.8) is 0 Å². The third kappa shape index (κ3) is 5.99. The molecule has 4 N–H and O–H groups in total. The highest BCUT2D eigenvalue weighted by atomic mass is 19.1. The van der Waals surface area contributed by atoms with Gasteiger partial charge in [0.25, 0.3) is 0 Å². The number of nitrogens with one attached hydrogen (secondary N) is 1. The molecule has 5 nitrogen and oxygen atoms in total. The van der Waals surface area contributed by atoms with Gasteiger partial charge in [0.2, 0.25) is 5.91 Å². The van der Waals surface area contributed by atoms with Gasteiger partial charge in [-0.05, 0) is 45.1 Å². The number of benzene rings is 1. The molecule has 0 bridgehead atoms. The number of nitrogen functional groups attached to an aromatic ring is 1. The first kappa shape index (κ1) is 16.4. The van der Waals surface area contributed by atoms with Crippen LogP contribution in [0, 0.1) is 5.82 Å². The zero-order chi connectivity index (χ0) is 15.1. The predicted octanol–water partition coefficient (Wildman–Crippen LogP) is 1.44. The molecule has 0 aromatic heterocycles. The van der Waals surface area contributed by atoms with Crippen molar-refractivity contribution in [2.45, 2.75) is 25.9 Å². The molecule has 0 aliphatic rings. The van der Waals surface area contributed by atoms with E-state index in [1.165, 1.54) is 18.2 Å². The summed E-state index contributed by atoms with van der Waals surface area (Å²) in [5.74, 6) is -0.635. The maximum atomic E-state index is 13.0. The largest absolute Gasteiger partial charge is 0.396 e. The van der Waals surface area contributed by atoms with Crippen molar-refractivity contribution < 1.29 is 14.3 Å². The van der Waals surface area contributed by atoms with Crippen LogP contribution in [0.4, 0.5) is 15.8 Å². The van der Waals surface area contributed by atoms with Gasteiger partial charge in [0.05, 0.1) is 11.8 Å². The Labute approximate surface area is 118 Å². The van der Waals surface area contributed by atoms with Crippen LogP contribution < -0.4 is 11.1 Å². The van der Waals surface area contributed by atoms with Crippen LogP contribution in [0.3, 0.4) is 0 Å². The standard InChI is InChI=1S/C14H22FN3O2/c1-10(19)9-18(2)7-3-4-14(20)17-11-5-6-12(15)13(16)8-11/h5-6,8,10,19H,3-4,7,9,16H2,1-2H3,(H,17,20). The molecule has 0 spiro atoms. The lowest BCUT2D eigenvalue weighted by molar-refractivity contribution is -0.116. The van der Waals surface area contributed by atoms with E-state index in [1.807, 2.05) is 11.9 Å². The molecule has 1 aromatic carbocycles. The van der Waals surface area contributed by atoms with Gasteiger partial charge >= 0.3 is 0 Å². The first-order chi connectivity index (χ1) is 9.38. The smallest absolute Gasteiger partial charge is 0.224 e. The lowest BCUT2D eigenvalue weighted by atomic mass is 10.2. The molecule has 20 heavy (non-hydrogen) atoms. The number of halogens is 1. The van der Waals surface area contributed by atoms with Crippen molar-refractivity contribution in [2.24, 2.45) is 0 Å². The molecule has 0 saturated carbocycles. The molecule has 0 radical (unpaired) electrons. The highest BCUT2D eigenvalue weighted by Crippen LogP contribution is 2.16. The molecule has 6 heteroatoms. The maximum Gasteiger partial charge on any atom is 0.224 e. The van der Waals surface area contributed by atoms with Crippen molar-refractivity contribution in [1.82, 2.24) is 4.90 Å². The van der Waals surface area contributed by atoms with Crippen LogP contribution >= 0.6 is 0 Å². The van der Waals surface area contributed by atoms with Gasteiger partial charge in [-0.1, -0.05) is 0 Å². The average Bonchev–Trinajstić information content (AvgIpc) is 2.33. The van der Waals surface area contributed by atoms with Crippen LogP contribution in [0.15, 0.2) is 18.2 Å². The molecular weight excluding hydrogens is 261 g/mol. The van der Waals surface area contributed by atoms with Gasteiger partial charge < -0.3 is 21.1 Å². The fourth-order valence-electron chi connectivity index (χ4n) is 1.90. The van der Waals surface area contributed by atoms with Gasteiger partial charge in [-0.15, -0.1) is 0 Å². The number of carbonyl (C=O) groups is 1. The Morgan fingerprint density at radius 1 is 1.55 bits per heavy atom. The van der Waals surface area contributed by atoms with E-state index in [0.29, 0.717) is 25.1 Å². The number of rotatable bonds is 7. The van der Waals surface area contributed by atoms with E-state index in [1.54, 1.807) is 6.92 Å². The summed E-state index contributed by atoms with van der Waals surface area (Å²) in [6, 6.07) is 4.09. The van der Waals surface area contributed by atoms with Crippen LogP contribution in [-0.4, -0.2) is 42.2 Å². The quantitative estimate of drug-likeness (QED) is 0.662. The summed E-state index contributed by atoms with van der Waals surface area (Å²) >= 11 is 0. The molecule has 112 valence electrons. The Morgan fingerprint density at radius 3 is 2.85 bits per heavy atom. The molecule has 1 amide bonds. The van der Waals surface area contributed by atoms with E-state index in [-0.39, 0.29) is 17.7 Å². The molecule has 0 aliphatic heterocycles. The Kier molecular flexibility index (Phi) is 6.41. The zero-order valence-electron chi connectivity index (χ0n) is 11.9. The van der Waals surface area contributed by atoms with E-state index in [0.717, 1.165) is 6.54 Å².